The van der Waals surface area contributed by atoms with Gasteiger partial charge < -0.3 is 9.80 Å². The molecule has 0 aliphatic heterocycles. The quantitative estimate of drug-likeness (QED) is 0.392. The summed E-state index contributed by atoms with van der Waals surface area (Å²) in [5.41, 5.74) is 0.721. The summed E-state index contributed by atoms with van der Waals surface area (Å²) < 4.78 is 13.4. The smallest absolute Gasteiger partial charge is 0.254 e. The van der Waals surface area contributed by atoms with Gasteiger partial charge in [0.25, 0.3) is 5.91 Å². The molecular formula is C26H28ClFN2O2S. The van der Waals surface area contributed by atoms with E-state index in [-0.39, 0.29) is 24.2 Å². The zero-order valence-electron chi connectivity index (χ0n) is 19.3. The van der Waals surface area contributed by atoms with Crippen molar-refractivity contribution in [1.82, 2.24) is 9.80 Å². The minimum Gasteiger partial charge on any atom is -0.332 e. The summed E-state index contributed by atoms with van der Waals surface area (Å²) in [6.07, 6.45) is 0. The highest BCUT2D eigenvalue weighted by Crippen LogP contribution is 2.22. The zero-order valence-corrected chi connectivity index (χ0v) is 20.8. The number of hydrogen-bond acceptors (Lipinski definition) is 3. The van der Waals surface area contributed by atoms with Gasteiger partial charge >= 0.3 is 0 Å². The zero-order chi connectivity index (χ0) is 24.2. The molecule has 0 aliphatic carbocycles. The van der Waals surface area contributed by atoms with Crippen molar-refractivity contribution in [2.45, 2.75) is 46.3 Å². The number of thiophene rings is 1. The van der Waals surface area contributed by atoms with Crippen LogP contribution in [0.4, 0.5) is 4.39 Å². The normalized spacial score (nSPS) is 11.3. The van der Waals surface area contributed by atoms with E-state index < -0.39 is 5.54 Å². The SMILES string of the molecule is Cc1ccc(CN(Cc2ccc(F)cc2)C(=O)CN(C(=O)c2ccc(Cl)cc2)C(C)(C)C)s1. The van der Waals surface area contributed by atoms with E-state index in [1.54, 1.807) is 57.5 Å². The van der Waals surface area contributed by atoms with Crippen LogP contribution < -0.4 is 0 Å². The molecule has 0 fully saturated rings. The van der Waals surface area contributed by atoms with Crippen LogP contribution in [0.2, 0.25) is 5.02 Å². The molecule has 1 heterocycles. The number of amides is 2. The van der Waals surface area contributed by atoms with E-state index in [1.165, 1.54) is 12.1 Å². The maximum absolute atomic E-state index is 13.5. The molecule has 33 heavy (non-hydrogen) atoms. The first-order chi connectivity index (χ1) is 15.5. The van der Waals surface area contributed by atoms with Gasteiger partial charge in [-0.2, -0.15) is 0 Å². The molecule has 0 radical (unpaired) electrons. The first kappa shape index (κ1) is 24.9. The number of rotatable bonds is 7. The van der Waals surface area contributed by atoms with E-state index in [2.05, 4.69) is 0 Å². The van der Waals surface area contributed by atoms with Crippen LogP contribution in [-0.4, -0.2) is 33.7 Å². The van der Waals surface area contributed by atoms with Crippen molar-refractivity contribution in [3.05, 3.63) is 92.4 Å². The highest BCUT2D eigenvalue weighted by molar-refractivity contribution is 7.11. The summed E-state index contributed by atoms with van der Waals surface area (Å²) in [6, 6.07) is 16.8. The number of hydrogen-bond donors (Lipinski definition) is 0. The Morgan fingerprint density at radius 1 is 0.939 bits per heavy atom. The van der Waals surface area contributed by atoms with Gasteiger partial charge in [0.05, 0.1) is 6.54 Å². The minimum atomic E-state index is -0.576. The Hall–Kier alpha value is -2.70. The second-order valence-corrected chi connectivity index (χ2v) is 10.8. The standard InChI is InChI=1S/C26H28ClFN2O2S/c1-18-5-14-23(33-18)16-29(15-19-6-12-22(28)13-7-19)24(31)17-30(26(2,3)4)25(32)20-8-10-21(27)11-9-20/h5-14H,15-17H2,1-4H3. The molecule has 3 rings (SSSR count). The molecule has 0 aliphatic rings. The van der Waals surface area contributed by atoms with Crippen molar-refractivity contribution in [3.63, 3.8) is 0 Å². The monoisotopic (exact) mass is 486 g/mol. The molecule has 0 unspecified atom stereocenters. The van der Waals surface area contributed by atoms with Crippen molar-refractivity contribution in [2.75, 3.05) is 6.54 Å². The van der Waals surface area contributed by atoms with Gasteiger partial charge in [0.1, 0.15) is 12.4 Å². The highest BCUT2D eigenvalue weighted by atomic mass is 35.5. The number of carbonyl (C=O) groups is 2. The third kappa shape index (κ3) is 6.89. The van der Waals surface area contributed by atoms with Gasteiger partial charge in [-0.1, -0.05) is 23.7 Å². The highest BCUT2D eigenvalue weighted by Gasteiger charge is 2.31. The molecule has 0 N–H and O–H groups in total. The lowest BCUT2D eigenvalue weighted by Gasteiger charge is -2.37. The predicted molar refractivity (Wildman–Crippen MR) is 132 cm³/mol. The van der Waals surface area contributed by atoms with Crippen LogP contribution >= 0.6 is 22.9 Å². The van der Waals surface area contributed by atoms with Gasteiger partial charge in [-0.15, -0.1) is 11.3 Å². The van der Waals surface area contributed by atoms with Crippen LogP contribution in [0.5, 0.6) is 0 Å². The minimum absolute atomic E-state index is 0.0729. The van der Waals surface area contributed by atoms with Crippen LogP contribution in [-0.2, 0) is 17.9 Å². The second-order valence-electron chi connectivity index (χ2n) is 8.96. The molecule has 1 aromatic heterocycles. The Labute approximate surface area is 203 Å². The molecule has 2 aromatic carbocycles. The van der Waals surface area contributed by atoms with Gasteiger partial charge in [-0.05, 0) is 81.8 Å². The van der Waals surface area contributed by atoms with Gasteiger partial charge in [0, 0.05) is 32.4 Å². The Morgan fingerprint density at radius 3 is 2.12 bits per heavy atom. The Balaban J connectivity index is 1.85. The maximum atomic E-state index is 13.5. The van der Waals surface area contributed by atoms with E-state index in [9.17, 15) is 14.0 Å². The summed E-state index contributed by atoms with van der Waals surface area (Å²) in [6.45, 7) is 8.40. The second kappa shape index (κ2) is 10.5. The lowest BCUT2D eigenvalue weighted by atomic mass is 10.0. The van der Waals surface area contributed by atoms with Crippen molar-refractivity contribution in [2.24, 2.45) is 0 Å². The molecule has 0 saturated carbocycles. The molecule has 0 spiro atoms. The summed E-state index contributed by atoms with van der Waals surface area (Å²) in [7, 11) is 0. The number of benzene rings is 2. The number of aryl methyl sites for hydroxylation is 1. The van der Waals surface area contributed by atoms with Crippen LogP contribution in [0.15, 0.2) is 60.7 Å². The number of halogens is 2. The molecule has 0 saturated heterocycles. The van der Waals surface area contributed by atoms with E-state index >= 15 is 0 Å². The van der Waals surface area contributed by atoms with Gasteiger partial charge in [-0.25, -0.2) is 4.39 Å². The Bertz CT molecular complexity index is 1100. The molecule has 2 amide bonds. The molecule has 174 valence electrons. The van der Waals surface area contributed by atoms with Crippen molar-refractivity contribution in [1.29, 1.82) is 0 Å². The number of nitrogens with zero attached hydrogens (tertiary/aromatic N) is 2. The predicted octanol–water partition coefficient (Wildman–Crippen LogP) is 6.32. The fourth-order valence-corrected chi connectivity index (χ4v) is 4.43. The van der Waals surface area contributed by atoms with Crippen LogP contribution in [0.3, 0.4) is 0 Å². The average Bonchev–Trinajstić information content (AvgIpc) is 3.16. The van der Waals surface area contributed by atoms with Crippen molar-refractivity contribution < 1.29 is 14.0 Å². The summed E-state index contributed by atoms with van der Waals surface area (Å²) in [5, 5.41) is 0.543. The Morgan fingerprint density at radius 2 is 1.58 bits per heavy atom. The summed E-state index contributed by atoms with van der Waals surface area (Å²) in [4.78, 5) is 32.3. The lowest BCUT2D eigenvalue weighted by Crippen LogP contribution is -2.51. The fourth-order valence-electron chi connectivity index (χ4n) is 3.40. The summed E-state index contributed by atoms with van der Waals surface area (Å²) >= 11 is 7.60. The van der Waals surface area contributed by atoms with Gasteiger partial charge in [0.15, 0.2) is 0 Å². The third-order valence-corrected chi connectivity index (χ3v) is 6.46. The number of carbonyl (C=O) groups excluding carboxylic acids is 2. The van der Waals surface area contributed by atoms with Crippen LogP contribution in [0.1, 0.15) is 46.4 Å². The largest absolute Gasteiger partial charge is 0.332 e. The lowest BCUT2D eigenvalue weighted by molar-refractivity contribution is -0.134. The van der Waals surface area contributed by atoms with E-state index in [1.807, 2.05) is 39.8 Å². The van der Waals surface area contributed by atoms with Gasteiger partial charge in [-0.3, -0.25) is 9.59 Å². The topological polar surface area (TPSA) is 40.6 Å². The maximum Gasteiger partial charge on any atom is 0.254 e. The molecule has 7 heteroatoms. The van der Waals surface area contributed by atoms with Crippen molar-refractivity contribution >= 4 is 34.8 Å². The van der Waals surface area contributed by atoms with E-state index in [0.717, 1.165) is 15.3 Å². The van der Waals surface area contributed by atoms with E-state index in [4.69, 9.17) is 11.6 Å². The van der Waals surface area contributed by atoms with Crippen LogP contribution in [0.25, 0.3) is 0 Å². The van der Waals surface area contributed by atoms with Crippen molar-refractivity contribution in [3.8, 4) is 0 Å². The Kier molecular flexibility index (Phi) is 7.92. The summed E-state index contributed by atoms with van der Waals surface area (Å²) in [5.74, 6) is -0.734. The average molecular weight is 487 g/mol. The molecule has 0 bridgehead atoms. The molecule has 4 nitrogen and oxygen atoms in total. The molecular weight excluding hydrogens is 459 g/mol. The first-order valence-electron chi connectivity index (χ1n) is 10.7. The first-order valence-corrected chi connectivity index (χ1v) is 11.9. The van der Waals surface area contributed by atoms with E-state index in [0.29, 0.717) is 23.7 Å². The third-order valence-electron chi connectivity index (χ3n) is 5.22. The molecule has 3 aromatic rings. The fraction of sp³-hybridized carbons (Fsp3) is 0.308. The van der Waals surface area contributed by atoms with Crippen LogP contribution in [0, 0.1) is 12.7 Å². The molecule has 0 atom stereocenters. The van der Waals surface area contributed by atoms with Gasteiger partial charge in [0.2, 0.25) is 5.91 Å².